The first-order valence-electron chi connectivity index (χ1n) is 10.8. The predicted octanol–water partition coefficient (Wildman–Crippen LogP) is 4.89. The van der Waals surface area contributed by atoms with Crippen molar-refractivity contribution in [3.05, 3.63) is 53.6 Å². The standard InChI is InChI=1S/C24H29ClN4O2/c1-24(2)13-15-28(16-24)19-9-11-20(12-10-19)29-14-3-4-21(22(29)30)27-23(31)26-18-7-5-17(25)6-8-18/h5-12,21H,3-4,13-16H2,1-2H3,(H2,26,27,31)/t21-/m1/s1. The lowest BCUT2D eigenvalue weighted by molar-refractivity contribution is -0.121. The van der Waals surface area contributed by atoms with Gasteiger partial charge in [0, 0.05) is 41.7 Å². The molecule has 0 saturated carbocycles. The van der Waals surface area contributed by atoms with Crippen LogP contribution in [0, 0.1) is 5.41 Å². The summed E-state index contributed by atoms with van der Waals surface area (Å²) in [6, 6.07) is 14.1. The first-order chi connectivity index (χ1) is 14.8. The van der Waals surface area contributed by atoms with Crippen LogP contribution < -0.4 is 20.4 Å². The maximum atomic E-state index is 13.0. The molecule has 2 saturated heterocycles. The Kier molecular flexibility index (Phi) is 6.10. The number of nitrogens with one attached hydrogen (secondary N) is 2. The van der Waals surface area contributed by atoms with Crippen LogP contribution in [0.5, 0.6) is 0 Å². The smallest absolute Gasteiger partial charge is 0.319 e. The molecule has 7 heteroatoms. The number of urea groups is 1. The zero-order valence-corrected chi connectivity index (χ0v) is 18.8. The van der Waals surface area contributed by atoms with Crippen molar-refractivity contribution in [3.8, 4) is 0 Å². The second-order valence-corrected chi connectivity index (χ2v) is 9.58. The number of piperidine rings is 1. The monoisotopic (exact) mass is 440 g/mol. The van der Waals surface area contributed by atoms with E-state index in [2.05, 4.69) is 41.5 Å². The Hall–Kier alpha value is -2.73. The van der Waals surface area contributed by atoms with Gasteiger partial charge in [0.25, 0.3) is 0 Å². The molecule has 2 N–H and O–H groups in total. The lowest BCUT2D eigenvalue weighted by atomic mass is 9.93. The van der Waals surface area contributed by atoms with Crippen molar-refractivity contribution in [2.75, 3.05) is 34.8 Å². The minimum Gasteiger partial charge on any atom is -0.371 e. The molecule has 2 aliphatic rings. The van der Waals surface area contributed by atoms with E-state index in [1.165, 1.54) is 12.1 Å². The van der Waals surface area contributed by atoms with Gasteiger partial charge in [-0.3, -0.25) is 4.79 Å². The van der Waals surface area contributed by atoms with Crippen LogP contribution in [0.15, 0.2) is 48.5 Å². The summed E-state index contributed by atoms with van der Waals surface area (Å²) in [5, 5.41) is 6.17. The highest BCUT2D eigenvalue weighted by molar-refractivity contribution is 6.30. The van der Waals surface area contributed by atoms with Gasteiger partial charge >= 0.3 is 6.03 Å². The van der Waals surface area contributed by atoms with Gasteiger partial charge in [0.1, 0.15) is 6.04 Å². The van der Waals surface area contributed by atoms with Crippen molar-refractivity contribution in [2.24, 2.45) is 5.41 Å². The maximum absolute atomic E-state index is 13.0. The van der Waals surface area contributed by atoms with Crippen LogP contribution in [-0.2, 0) is 4.79 Å². The third-order valence-corrected chi connectivity index (χ3v) is 6.30. The second kappa shape index (κ2) is 8.79. The third-order valence-electron chi connectivity index (χ3n) is 6.05. The fourth-order valence-electron chi connectivity index (χ4n) is 4.30. The fraction of sp³-hybridized carbons (Fsp3) is 0.417. The molecule has 0 aliphatic carbocycles. The van der Waals surface area contributed by atoms with E-state index in [9.17, 15) is 9.59 Å². The average Bonchev–Trinajstić information content (AvgIpc) is 3.11. The fourth-order valence-corrected chi connectivity index (χ4v) is 4.43. The Morgan fingerprint density at radius 3 is 2.35 bits per heavy atom. The number of rotatable bonds is 4. The SMILES string of the molecule is CC1(C)CCN(c2ccc(N3CCC[C@@H](NC(=O)Nc4ccc(Cl)cc4)C3=O)cc2)C1. The van der Waals surface area contributed by atoms with Gasteiger partial charge in [-0.1, -0.05) is 25.4 Å². The van der Waals surface area contributed by atoms with Gasteiger partial charge in [0.15, 0.2) is 0 Å². The number of amides is 3. The topological polar surface area (TPSA) is 64.7 Å². The Labute approximate surface area is 188 Å². The lowest BCUT2D eigenvalue weighted by Gasteiger charge is -2.33. The van der Waals surface area contributed by atoms with Crippen molar-refractivity contribution in [1.82, 2.24) is 5.32 Å². The van der Waals surface area contributed by atoms with E-state index < -0.39 is 12.1 Å². The maximum Gasteiger partial charge on any atom is 0.319 e. The molecule has 164 valence electrons. The summed E-state index contributed by atoms with van der Waals surface area (Å²) in [6.45, 7) is 7.35. The summed E-state index contributed by atoms with van der Waals surface area (Å²) in [7, 11) is 0. The van der Waals surface area contributed by atoms with Crippen LogP contribution in [0.4, 0.5) is 21.9 Å². The molecule has 2 aromatic rings. The number of halogens is 1. The molecule has 2 fully saturated rings. The van der Waals surface area contributed by atoms with Crippen molar-refractivity contribution in [3.63, 3.8) is 0 Å². The van der Waals surface area contributed by atoms with Crippen molar-refractivity contribution in [2.45, 2.75) is 39.2 Å². The number of carbonyl (C=O) groups is 2. The average molecular weight is 441 g/mol. The first kappa shape index (κ1) is 21.5. The van der Waals surface area contributed by atoms with Crippen LogP contribution >= 0.6 is 11.6 Å². The van der Waals surface area contributed by atoms with Gasteiger partial charge < -0.3 is 20.4 Å². The number of carbonyl (C=O) groups excluding carboxylic acids is 2. The van der Waals surface area contributed by atoms with Crippen molar-refractivity contribution >= 4 is 40.6 Å². The molecule has 31 heavy (non-hydrogen) atoms. The zero-order valence-electron chi connectivity index (χ0n) is 18.0. The van der Waals surface area contributed by atoms with E-state index in [1.807, 2.05) is 12.1 Å². The largest absolute Gasteiger partial charge is 0.371 e. The van der Waals surface area contributed by atoms with Crippen LogP contribution in [0.25, 0.3) is 0 Å². The minimum absolute atomic E-state index is 0.0763. The number of nitrogens with zero attached hydrogens (tertiary/aromatic N) is 2. The summed E-state index contributed by atoms with van der Waals surface area (Å²) in [5.41, 5.74) is 3.03. The molecule has 2 aromatic carbocycles. The van der Waals surface area contributed by atoms with E-state index in [-0.39, 0.29) is 5.91 Å². The number of hydrogen-bond donors (Lipinski definition) is 2. The Bertz CT molecular complexity index is 943. The minimum atomic E-state index is -0.542. The van der Waals surface area contributed by atoms with Gasteiger partial charge in [0.05, 0.1) is 0 Å². The summed E-state index contributed by atoms with van der Waals surface area (Å²) in [4.78, 5) is 29.6. The highest BCUT2D eigenvalue weighted by Crippen LogP contribution is 2.33. The van der Waals surface area contributed by atoms with Gasteiger partial charge in [0.2, 0.25) is 5.91 Å². The van der Waals surface area contributed by atoms with E-state index in [0.29, 0.717) is 29.1 Å². The molecule has 2 aliphatic heterocycles. The van der Waals surface area contributed by atoms with Crippen LogP contribution in [0.2, 0.25) is 5.02 Å². The van der Waals surface area contributed by atoms with Gasteiger partial charge in [-0.25, -0.2) is 4.79 Å². The quantitative estimate of drug-likeness (QED) is 0.711. The van der Waals surface area contributed by atoms with Gasteiger partial charge in [-0.2, -0.15) is 0 Å². The molecule has 4 rings (SSSR count). The predicted molar refractivity (Wildman–Crippen MR) is 126 cm³/mol. The van der Waals surface area contributed by atoms with Crippen LogP contribution in [0.3, 0.4) is 0 Å². The molecule has 0 aromatic heterocycles. The van der Waals surface area contributed by atoms with Crippen molar-refractivity contribution in [1.29, 1.82) is 0 Å². The molecule has 0 spiro atoms. The molecule has 1 atom stereocenters. The Morgan fingerprint density at radius 2 is 1.71 bits per heavy atom. The summed E-state index contributed by atoms with van der Waals surface area (Å²) in [6.07, 6.45) is 2.65. The Balaban J connectivity index is 1.38. The van der Waals surface area contributed by atoms with Crippen LogP contribution in [0.1, 0.15) is 33.1 Å². The molecule has 0 radical (unpaired) electrons. The van der Waals surface area contributed by atoms with Gasteiger partial charge in [-0.15, -0.1) is 0 Å². The Morgan fingerprint density at radius 1 is 1.03 bits per heavy atom. The molecule has 2 heterocycles. The van der Waals surface area contributed by atoms with E-state index in [4.69, 9.17) is 11.6 Å². The molecule has 0 bridgehead atoms. The molecule has 6 nitrogen and oxygen atoms in total. The third kappa shape index (κ3) is 5.13. The molecular weight excluding hydrogens is 412 g/mol. The van der Waals surface area contributed by atoms with Crippen LogP contribution in [-0.4, -0.2) is 37.6 Å². The normalized spacial score (nSPS) is 20.6. The summed E-state index contributed by atoms with van der Waals surface area (Å²) in [5.74, 6) is -0.0763. The number of hydrogen-bond acceptors (Lipinski definition) is 3. The van der Waals surface area contributed by atoms with Gasteiger partial charge in [-0.05, 0) is 73.2 Å². The van der Waals surface area contributed by atoms with E-state index in [0.717, 1.165) is 25.2 Å². The second-order valence-electron chi connectivity index (χ2n) is 9.14. The summed E-state index contributed by atoms with van der Waals surface area (Å²) < 4.78 is 0. The van der Waals surface area contributed by atoms with Crippen molar-refractivity contribution < 1.29 is 9.59 Å². The zero-order chi connectivity index (χ0) is 22.0. The number of benzene rings is 2. The molecular formula is C24H29ClN4O2. The highest BCUT2D eigenvalue weighted by atomic mass is 35.5. The van der Waals surface area contributed by atoms with E-state index >= 15 is 0 Å². The van der Waals surface area contributed by atoms with E-state index in [1.54, 1.807) is 29.2 Å². The first-order valence-corrected chi connectivity index (χ1v) is 11.2. The number of anilines is 3. The summed E-state index contributed by atoms with van der Waals surface area (Å²) >= 11 is 5.88. The highest BCUT2D eigenvalue weighted by Gasteiger charge is 2.32. The molecule has 0 unspecified atom stereocenters. The molecule has 3 amide bonds. The lowest BCUT2D eigenvalue weighted by Crippen LogP contribution is -2.53.